The predicted molar refractivity (Wildman–Crippen MR) is 153 cm³/mol. The first kappa shape index (κ1) is 32.7. The van der Waals surface area contributed by atoms with E-state index in [1.54, 1.807) is 33.2 Å². The van der Waals surface area contributed by atoms with E-state index in [2.05, 4.69) is 10.1 Å². The number of anilines is 1. The molecule has 2 N–H and O–H groups in total. The van der Waals surface area contributed by atoms with E-state index in [0.717, 1.165) is 6.07 Å². The highest BCUT2D eigenvalue weighted by Crippen LogP contribution is 2.43. The monoisotopic (exact) mass is 633 g/mol. The van der Waals surface area contributed by atoms with Crippen molar-refractivity contribution < 1.29 is 31.1 Å². The molecule has 1 atom stereocenters. The van der Waals surface area contributed by atoms with E-state index in [4.69, 9.17) is 21.6 Å². The van der Waals surface area contributed by atoms with Crippen LogP contribution in [0.2, 0.25) is 5.02 Å². The third kappa shape index (κ3) is 8.34. The average molecular weight is 634 g/mol. The molecular weight excluding hydrogens is 603 g/mol. The number of carbonyl (C=O) groups is 1. The first-order chi connectivity index (χ1) is 19.1. The van der Waals surface area contributed by atoms with Gasteiger partial charge in [-0.05, 0) is 69.7 Å². The zero-order chi connectivity index (χ0) is 30.6. The van der Waals surface area contributed by atoms with E-state index in [1.807, 2.05) is 0 Å². The minimum Gasteiger partial charge on any atom is -0.444 e. The number of nitrogens with zero attached hydrogens (tertiary/aromatic N) is 3. The number of nitrogens with one attached hydrogen (secondary N) is 2. The fraction of sp³-hybridized carbons (Fsp3) is 0.462. The van der Waals surface area contributed by atoms with E-state index in [-0.39, 0.29) is 39.2 Å². The summed E-state index contributed by atoms with van der Waals surface area (Å²) in [4.78, 5) is 13.8. The normalized spacial score (nSPS) is 15.9. The number of carbonyl (C=O) groups excluding carboxylic acids is 1. The lowest BCUT2D eigenvalue weighted by Crippen LogP contribution is -2.45. The van der Waals surface area contributed by atoms with Gasteiger partial charge in [-0.3, -0.25) is 5.01 Å². The lowest BCUT2D eigenvalue weighted by Gasteiger charge is -2.28. The Labute approximate surface area is 247 Å². The maximum Gasteiger partial charge on any atom is 0.417 e. The summed E-state index contributed by atoms with van der Waals surface area (Å²) in [6.45, 7) is 5.63. The fourth-order valence-electron chi connectivity index (χ4n) is 4.32. The molecule has 1 saturated heterocycles. The highest BCUT2D eigenvalue weighted by molar-refractivity contribution is 7.98. The molecule has 1 aliphatic rings. The van der Waals surface area contributed by atoms with Crippen LogP contribution < -0.4 is 15.2 Å². The van der Waals surface area contributed by atoms with Crippen LogP contribution in [0, 0.1) is 11.5 Å². The topological polar surface area (TPSA) is 115 Å². The Morgan fingerprint density at radius 2 is 1.90 bits per heavy atom. The molecule has 0 radical (unpaired) electrons. The van der Waals surface area contributed by atoms with Crippen molar-refractivity contribution in [2.24, 2.45) is 0 Å². The molecule has 0 aromatic heterocycles. The van der Waals surface area contributed by atoms with Crippen molar-refractivity contribution in [3.05, 3.63) is 47.0 Å². The molecule has 1 heterocycles. The van der Waals surface area contributed by atoms with E-state index >= 15 is 0 Å². The van der Waals surface area contributed by atoms with E-state index in [1.165, 1.54) is 52.0 Å². The molecule has 2 aromatic rings. The second kappa shape index (κ2) is 13.0. The molecule has 0 saturated carbocycles. The van der Waals surface area contributed by atoms with Crippen molar-refractivity contribution in [2.75, 3.05) is 30.2 Å². The summed E-state index contributed by atoms with van der Waals surface area (Å²) in [6.07, 6.45) is -0.610. The van der Waals surface area contributed by atoms with E-state index in [9.17, 15) is 26.4 Å². The molecule has 1 amide bonds. The smallest absolute Gasteiger partial charge is 0.417 e. The van der Waals surface area contributed by atoms with E-state index in [0.29, 0.717) is 19.4 Å². The Kier molecular flexibility index (Phi) is 10.3. The third-order valence-corrected chi connectivity index (χ3v) is 8.36. The molecular formula is C26H31ClF3N5O4S2. The molecule has 2 aromatic carbocycles. The quantitative estimate of drug-likeness (QED) is 0.154. The Morgan fingerprint density at radius 3 is 2.46 bits per heavy atom. The molecule has 0 bridgehead atoms. The highest BCUT2D eigenvalue weighted by Gasteiger charge is 2.36. The molecule has 1 aliphatic heterocycles. The number of benzene rings is 2. The standard InChI is InChI=1S/C26H31ClF3N5O4S2/c1-25(2,3)39-24(36)34-11-5-6-18(34)14-33-41(37,38)20-9-7-17(8-10-20)23-21(26(28,29)30)12-19(13-22(23)27)35(16-40-4)32-15-31/h7-10,12-13,18,32-33H,5-6,11,14,16H2,1-4H3/t18-/m0/s1. The highest BCUT2D eigenvalue weighted by atomic mass is 35.5. The van der Waals surface area contributed by atoms with Crippen LogP contribution >= 0.6 is 23.4 Å². The Morgan fingerprint density at radius 1 is 1.24 bits per heavy atom. The van der Waals surface area contributed by atoms with Crippen molar-refractivity contribution in [1.29, 1.82) is 5.26 Å². The number of hydrogen-bond donors (Lipinski definition) is 2. The maximum absolute atomic E-state index is 14.1. The van der Waals surface area contributed by atoms with Crippen LogP contribution in [0.4, 0.5) is 23.7 Å². The zero-order valence-corrected chi connectivity index (χ0v) is 25.3. The number of nitriles is 1. The summed E-state index contributed by atoms with van der Waals surface area (Å²) < 4.78 is 76.2. The molecule has 1 fully saturated rings. The Bertz CT molecular complexity index is 1390. The number of amides is 1. The Hall–Kier alpha value is -2.86. The first-order valence-electron chi connectivity index (χ1n) is 12.5. The molecule has 0 aliphatic carbocycles. The number of thioether (sulfide) groups is 1. The number of likely N-dealkylation sites (tertiary alicyclic amines) is 1. The molecule has 0 unspecified atom stereocenters. The summed E-state index contributed by atoms with van der Waals surface area (Å²) >= 11 is 7.62. The minimum absolute atomic E-state index is 0.0395. The second-order valence-corrected chi connectivity index (χ2v) is 13.3. The van der Waals surface area contributed by atoms with Gasteiger partial charge in [0.25, 0.3) is 0 Å². The molecule has 41 heavy (non-hydrogen) atoms. The first-order valence-corrected chi connectivity index (χ1v) is 15.7. The minimum atomic E-state index is -4.79. The van der Waals surface area contributed by atoms with Gasteiger partial charge in [0.05, 0.1) is 27.0 Å². The van der Waals surface area contributed by atoms with Gasteiger partial charge in [0, 0.05) is 24.7 Å². The summed E-state index contributed by atoms with van der Waals surface area (Å²) in [5.41, 5.74) is 0.378. The fourth-order valence-corrected chi connectivity index (χ4v) is 6.19. The number of rotatable bonds is 9. The van der Waals surface area contributed by atoms with Crippen molar-refractivity contribution in [3.63, 3.8) is 0 Å². The summed E-state index contributed by atoms with van der Waals surface area (Å²) in [5.74, 6) is 0.177. The van der Waals surface area contributed by atoms with Crippen LogP contribution in [-0.2, 0) is 20.9 Å². The molecule has 0 spiro atoms. The van der Waals surface area contributed by atoms with Crippen LogP contribution in [0.15, 0.2) is 41.3 Å². The number of halogens is 4. The maximum atomic E-state index is 14.1. The second-order valence-electron chi connectivity index (χ2n) is 10.3. The van der Waals surface area contributed by atoms with Crippen molar-refractivity contribution in [3.8, 4) is 17.3 Å². The number of alkyl halides is 3. The lowest BCUT2D eigenvalue weighted by atomic mass is 9.98. The predicted octanol–water partition coefficient (Wildman–Crippen LogP) is 5.82. The van der Waals surface area contributed by atoms with Crippen LogP contribution in [0.5, 0.6) is 0 Å². The van der Waals surface area contributed by atoms with Gasteiger partial charge < -0.3 is 9.64 Å². The Balaban J connectivity index is 1.84. The van der Waals surface area contributed by atoms with E-state index < -0.39 is 39.5 Å². The van der Waals surface area contributed by atoms with Gasteiger partial charge in [0.1, 0.15) is 5.60 Å². The number of hydrazine groups is 1. The summed E-state index contributed by atoms with van der Waals surface area (Å²) in [6, 6.07) is 6.68. The van der Waals surface area contributed by atoms with Crippen molar-refractivity contribution >= 4 is 45.2 Å². The summed E-state index contributed by atoms with van der Waals surface area (Å²) in [5, 5.41) is 9.98. The van der Waals surface area contributed by atoms with Gasteiger partial charge in [0.15, 0.2) is 6.19 Å². The van der Waals surface area contributed by atoms with Crippen LogP contribution in [0.3, 0.4) is 0 Å². The zero-order valence-electron chi connectivity index (χ0n) is 22.9. The van der Waals surface area contributed by atoms with Crippen molar-refractivity contribution in [1.82, 2.24) is 15.0 Å². The van der Waals surface area contributed by atoms with Crippen molar-refractivity contribution in [2.45, 2.75) is 56.3 Å². The molecule has 3 rings (SSSR count). The number of sulfonamides is 1. The van der Waals surface area contributed by atoms with Gasteiger partial charge in [-0.2, -0.15) is 18.4 Å². The lowest BCUT2D eigenvalue weighted by molar-refractivity contribution is -0.137. The van der Waals surface area contributed by atoms with Gasteiger partial charge in [-0.25, -0.2) is 23.4 Å². The summed E-state index contributed by atoms with van der Waals surface area (Å²) in [7, 11) is -4.04. The van der Waals surface area contributed by atoms with Crippen LogP contribution in [-0.4, -0.2) is 56.3 Å². The van der Waals surface area contributed by atoms with Gasteiger partial charge >= 0.3 is 12.3 Å². The van der Waals surface area contributed by atoms with Gasteiger partial charge in [-0.1, -0.05) is 23.7 Å². The molecule has 9 nitrogen and oxygen atoms in total. The SMILES string of the molecule is CSCN(NC#N)c1cc(Cl)c(-c2ccc(S(=O)(=O)NC[C@@H]3CCCN3C(=O)OC(C)(C)C)cc2)c(C(F)(F)F)c1. The number of ether oxygens (including phenoxy) is 1. The largest absolute Gasteiger partial charge is 0.444 e. The van der Waals surface area contributed by atoms with Crippen LogP contribution in [0.1, 0.15) is 39.2 Å². The average Bonchev–Trinajstić information content (AvgIpc) is 3.35. The number of hydrogen-bond acceptors (Lipinski definition) is 8. The van der Waals surface area contributed by atoms with Crippen LogP contribution in [0.25, 0.3) is 11.1 Å². The van der Waals surface area contributed by atoms with Gasteiger partial charge in [0.2, 0.25) is 10.0 Å². The third-order valence-electron chi connectivity index (χ3n) is 6.10. The molecule has 15 heteroatoms. The molecule has 224 valence electrons. The van der Waals surface area contributed by atoms with Gasteiger partial charge in [-0.15, -0.1) is 11.8 Å².